The zero-order valence-electron chi connectivity index (χ0n) is 14.3. The minimum atomic E-state index is -3.48. The van der Waals surface area contributed by atoms with Gasteiger partial charge in [0, 0.05) is 11.3 Å². The Morgan fingerprint density at radius 1 is 1.04 bits per heavy atom. The molecule has 0 fully saturated rings. The highest BCUT2D eigenvalue weighted by atomic mass is 35.5. The molecule has 2 aromatic carbocycles. The molecular formula is C17H17ClN2O5S. The number of sulfonamides is 1. The van der Waals surface area contributed by atoms with Crippen LogP contribution in [0.5, 0.6) is 0 Å². The van der Waals surface area contributed by atoms with Gasteiger partial charge in [0.05, 0.1) is 29.6 Å². The Kier molecular flexibility index (Phi) is 5.89. The molecule has 1 amide bonds. The number of hydrogen-bond donors (Lipinski definition) is 2. The number of methoxy groups -OCH3 is 1. The first-order valence-electron chi connectivity index (χ1n) is 7.38. The Hall–Kier alpha value is -2.58. The number of aryl methyl sites for hydroxylation is 1. The zero-order valence-corrected chi connectivity index (χ0v) is 15.9. The van der Waals surface area contributed by atoms with E-state index in [1.807, 2.05) is 0 Å². The Morgan fingerprint density at radius 2 is 1.69 bits per heavy atom. The van der Waals surface area contributed by atoms with Gasteiger partial charge in [-0.05, 0) is 42.8 Å². The van der Waals surface area contributed by atoms with Gasteiger partial charge in [-0.1, -0.05) is 17.7 Å². The Morgan fingerprint density at radius 3 is 2.27 bits per heavy atom. The van der Waals surface area contributed by atoms with E-state index in [9.17, 15) is 18.0 Å². The average Bonchev–Trinajstić information content (AvgIpc) is 2.56. The van der Waals surface area contributed by atoms with Crippen molar-refractivity contribution in [2.45, 2.75) is 6.92 Å². The van der Waals surface area contributed by atoms with E-state index in [0.717, 1.165) is 11.8 Å². The highest BCUT2D eigenvalue weighted by Crippen LogP contribution is 2.25. The number of ether oxygens (including phenoxy) is 1. The fourth-order valence-corrected chi connectivity index (χ4v) is 3.00. The van der Waals surface area contributed by atoms with E-state index < -0.39 is 21.9 Å². The first kappa shape index (κ1) is 19.7. The maximum Gasteiger partial charge on any atom is 0.337 e. The van der Waals surface area contributed by atoms with E-state index in [-0.39, 0.29) is 16.3 Å². The molecule has 0 unspecified atom stereocenters. The molecule has 26 heavy (non-hydrogen) atoms. The summed E-state index contributed by atoms with van der Waals surface area (Å²) in [5.74, 6) is -0.970. The van der Waals surface area contributed by atoms with Crippen molar-refractivity contribution in [3.8, 4) is 0 Å². The molecule has 0 atom stereocenters. The summed E-state index contributed by atoms with van der Waals surface area (Å²) in [5, 5.41) is 2.78. The number of rotatable bonds is 5. The van der Waals surface area contributed by atoms with Gasteiger partial charge in [0.15, 0.2) is 0 Å². The van der Waals surface area contributed by atoms with Crippen LogP contribution in [0.2, 0.25) is 5.02 Å². The summed E-state index contributed by atoms with van der Waals surface area (Å²) in [4.78, 5) is 24.1. The lowest BCUT2D eigenvalue weighted by molar-refractivity contribution is 0.0600. The van der Waals surface area contributed by atoms with Crippen LogP contribution >= 0.6 is 11.6 Å². The van der Waals surface area contributed by atoms with Gasteiger partial charge in [0.25, 0.3) is 5.91 Å². The number of benzene rings is 2. The second-order valence-corrected chi connectivity index (χ2v) is 7.70. The van der Waals surface area contributed by atoms with Crippen LogP contribution in [0.4, 0.5) is 11.4 Å². The monoisotopic (exact) mass is 396 g/mol. The van der Waals surface area contributed by atoms with Crippen LogP contribution in [0.25, 0.3) is 0 Å². The SMILES string of the molecule is COC(=O)c1ccc(C)c(NC(=O)c2ccc(NS(C)(=O)=O)c(Cl)c2)c1. The number of carbonyl (C=O) groups is 2. The standard InChI is InChI=1S/C17H17ClN2O5S/c1-10-4-5-12(17(22)25-2)9-15(10)19-16(21)11-6-7-14(13(18)8-11)20-26(3,23)24/h4-9,20H,1-3H3,(H,19,21). The Balaban J connectivity index is 2.25. The summed E-state index contributed by atoms with van der Waals surface area (Å²) in [6.45, 7) is 1.78. The fourth-order valence-electron chi connectivity index (χ4n) is 2.13. The molecule has 2 rings (SSSR count). The van der Waals surface area contributed by atoms with E-state index in [1.54, 1.807) is 19.1 Å². The van der Waals surface area contributed by atoms with Crippen LogP contribution in [-0.2, 0) is 14.8 Å². The van der Waals surface area contributed by atoms with Crippen LogP contribution in [0.15, 0.2) is 36.4 Å². The number of nitrogens with one attached hydrogen (secondary N) is 2. The maximum absolute atomic E-state index is 12.4. The van der Waals surface area contributed by atoms with Gasteiger partial charge < -0.3 is 10.1 Å². The predicted octanol–water partition coefficient (Wildman–Crippen LogP) is 3.06. The van der Waals surface area contributed by atoms with Crippen molar-refractivity contribution >= 4 is 44.9 Å². The number of esters is 1. The van der Waals surface area contributed by atoms with Gasteiger partial charge in [-0.15, -0.1) is 0 Å². The number of amides is 1. The molecule has 7 nitrogen and oxygen atoms in total. The summed E-state index contributed by atoms with van der Waals surface area (Å²) >= 11 is 6.03. The number of anilines is 2. The number of hydrogen-bond acceptors (Lipinski definition) is 5. The van der Waals surface area contributed by atoms with E-state index in [1.165, 1.54) is 31.4 Å². The average molecular weight is 397 g/mol. The van der Waals surface area contributed by atoms with Crippen LogP contribution in [-0.4, -0.2) is 33.7 Å². The molecule has 0 radical (unpaired) electrons. The normalized spacial score (nSPS) is 10.9. The molecule has 0 aliphatic rings. The Bertz CT molecular complexity index is 973. The molecule has 138 valence electrons. The summed E-state index contributed by atoms with van der Waals surface area (Å²) in [7, 11) is -2.21. The van der Waals surface area contributed by atoms with Crippen molar-refractivity contribution in [1.29, 1.82) is 0 Å². The van der Waals surface area contributed by atoms with Crippen molar-refractivity contribution in [2.75, 3.05) is 23.4 Å². The summed E-state index contributed by atoms with van der Waals surface area (Å²) < 4.78 is 29.5. The van der Waals surface area contributed by atoms with Gasteiger partial charge in [-0.25, -0.2) is 13.2 Å². The molecule has 0 saturated heterocycles. The Labute approximate surface area is 156 Å². The number of carbonyl (C=O) groups excluding carboxylic acids is 2. The van der Waals surface area contributed by atoms with Crippen molar-refractivity contribution in [3.63, 3.8) is 0 Å². The third-order valence-electron chi connectivity index (χ3n) is 3.43. The fraction of sp³-hybridized carbons (Fsp3) is 0.176. The molecule has 0 heterocycles. The van der Waals surface area contributed by atoms with Crippen molar-refractivity contribution < 1.29 is 22.7 Å². The lowest BCUT2D eigenvalue weighted by Crippen LogP contribution is -2.14. The zero-order chi connectivity index (χ0) is 19.5. The molecule has 0 aliphatic carbocycles. The lowest BCUT2D eigenvalue weighted by atomic mass is 10.1. The third kappa shape index (κ3) is 4.96. The van der Waals surface area contributed by atoms with Gasteiger partial charge in [-0.2, -0.15) is 0 Å². The second-order valence-electron chi connectivity index (χ2n) is 5.54. The van der Waals surface area contributed by atoms with Crippen molar-refractivity contribution in [1.82, 2.24) is 0 Å². The predicted molar refractivity (Wildman–Crippen MR) is 100 cm³/mol. The molecule has 2 aromatic rings. The van der Waals surface area contributed by atoms with Crippen molar-refractivity contribution in [3.05, 3.63) is 58.1 Å². The van der Waals surface area contributed by atoms with Gasteiger partial charge >= 0.3 is 5.97 Å². The van der Waals surface area contributed by atoms with E-state index >= 15 is 0 Å². The second kappa shape index (κ2) is 7.76. The first-order chi connectivity index (χ1) is 12.1. The largest absolute Gasteiger partial charge is 0.465 e. The quantitative estimate of drug-likeness (QED) is 0.756. The summed E-state index contributed by atoms with van der Waals surface area (Å²) in [5.41, 5.74) is 1.92. The highest BCUT2D eigenvalue weighted by Gasteiger charge is 2.14. The topological polar surface area (TPSA) is 102 Å². The highest BCUT2D eigenvalue weighted by molar-refractivity contribution is 7.92. The molecule has 0 bridgehead atoms. The molecular weight excluding hydrogens is 380 g/mol. The first-order valence-corrected chi connectivity index (χ1v) is 9.65. The van der Waals surface area contributed by atoms with Crippen LogP contribution in [0, 0.1) is 6.92 Å². The minimum absolute atomic E-state index is 0.0862. The van der Waals surface area contributed by atoms with Gasteiger partial charge in [0.1, 0.15) is 0 Å². The molecule has 0 aromatic heterocycles. The molecule has 2 N–H and O–H groups in total. The molecule has 9 heteroatoms. The maximum atomic E-state index is 12.4. The smallest absolute Gasteiger partial charge is 0.337 e. The minimum Gasteiger partial charge on any atom is -0.465 e. The third-order valence-corrected chi connectivity index (χ3v) is 4.34. The van der Waals surface area contributed by atoms with E-state index in [0.29, 0.717) is 11.3 Å². The molecule has 0 aliphatic heterocycles. The summed E-state index contributed by atoms with van der Waals surface area (Å²) in [6, 6.07) is 8.99. The van der Waals surface area contributed by atoms with Gasteiger partial charge in [0.2, 0.25) is 10.0 Å². The van der Waals surface area contributed by atoms with Crippen molar-refractivity contribution in [2.24, 2.45) is 0 Å². The molecule has 0 spiro atoms. The van der Waals surface area contributed by atoms with E-state index in [2.05, 4.69) is 14.8 Å². The summed E-state index contributed by atoms with van der Waals surface area (Å²) in [6.07, 6.45) is 1.00. The van der Waals surface area contributed by atoms with E-state index in [4.69, 9.17) is 11.6 Å². The lowest BCUT2D eigenvalue weighted by Gasteiger charge is -2.11. The number of halogens is 1. The molecule has 0 saturated carbocycles. The van der Waals surface area contributed by atoms with Crippen LogP contribution < -0.4 is 10.0 Å². The van der Waals surface area contributed by atoms with Crippen LogP contribution in [0.1, 0.15) is 26.3 Å². The van der Waals surface area contributed by atoms with Gasteiger partial charge in [-0.3, -0.25) is 9.52 Å². The van der Waals surface area contributed by atoms with Crippen LogP contribution in [0.3, 0.4) is 0 Å².